The van der Waals surface area contributed by atoms with Gasteiger partial charge in [0.05, 0.1) is 18.7 Å². The number of ether oxygens (including phenoxy) is 1. The zero-order chi connectivity index (χ0) is 20.5. The molecule has 0 radical (unpaired) electrons. The van der Waals surface area contributed by atoms with E-state index in [9.17, 15) is 18.8 Å². The quantitative estimate of drug-likeness (QED) is 0.708. The summed E-state index contributed by atoms with van der Waals surface area (Å²) in [5, 5.41) is 2.68. The molecule has 0 aliphatic heterocycles. The molecule has 2 aromatic rings. The van der Waals surface area contributed by atoms with Crippen LogP contribution in [0.2, 0.25) is 0 Å². The topological polar surface area (TPSA) is 75.7 Å². The molecule has 0 heterocycles. The van der Waals surface area contributed by atoms with Crippen LogP contribution in [0.3, 0.4) is 0 Å². The van der Waals surface area contributed by atoms with Crippen LogP contribution in [-0.2, 0) is 20.7 Å². The molecule has 0 saturated carbocycles. The molecule has 6 nitrogen and oxygen atoms in total. The number of nitrogens with zero attached hydrogens (tertiary/aromatic N) is 1. The van der Waals surface area contributed by atoms with Crippen LogP contribution in [-0.4, -0.2) is 42.4 Å². The predicted octanol–water partition coefficient (Wildman–Crippen LogP) is 3.03. The number of anilines is 1. The molecule has 2 amide bonds. The van der Waals surface area contributed by atoms with Crippen LogP contribution in [0.1, 0.15) is 29.8 Å². The minimum atomic E-state index is -0.434. The number of carbonyl (C=O) groups is 3. The molecule has 0 aliphatic rings. The lowest BCUT2D eigenvalue weighted by molar-refractivity contribution is -0.132. The van der Waals surface area contributed by atoms with Crippen LogP contribution in [0.25, 0.3) is 0 Å². The van der Waals surface area contributed by atoms with Crippen molar-refractivity contribution in [1.29, 1.82) is 0 Å². The average Bonchev–Trinajstić information content (AvgIpc) is 2.66. The first kappa shape index (κ1) is 21.1. The molecule has 0 bridgehead atoms. The number of rotatable bonds is 8. The van der Waals surface area contributed by atoms with Gasteiger partial charge in [-0.2, -0.15) is 0 Å². The Hall–Kier alpha value is -3.22. The summed E-state index contributed by atoms with van der Waals surface area (Å²) in [5.74, 6) is -1.43. The summed E-state index contributed by atoms with van der Waals surface area (Å²) in [6, 6.07) is 12.6. The Labute approximate surface area is 163 Å². The zero-order valence-electron chi connectivity index (χ0n) is 15.9. The number of amides is 2. The van der Waals surface area contributed by atoms with Gasteiger partial charge in [0.2, 0.25) is 11.8 Å². The molecule has 0 aromatic heterocycles. The number of hydrogen-bond acceptors (Lipinski definition) is 4. The van der Waals surface area contributed by atoms with E-state index in [1.807, 2.05) is 0 Å². The van der Waals surface area contributed by atoms with Gasteiger partial charge >= 0.3 is 5.97 Å². The Morgan fingerprint density at radius 2 is 1.75 bits per heavy atom. The van der Waals surface area contributed by atoms with Crippen LogP contribution in [0, 0.1) is 5.82 Å². The highest BCUT2D eigenvalue weighted by atomic mass is 19.1. The van der Waals surface area contributed by atoms with Crippen molar-refractivity contribution in [2.45, 2.75) is 20.3 Å². The summed E-state index contributed by atoms with van der Waals surface area (Å²) >= 11 is 0. The first-order valence-corrected chi connectivity index (χ1v) is 8.96. The van der Waals surface area contributed by atoms with Crippen molar-refractivity contribution in [3.8, 4) is 0 Å². The summed E-state index contributed by atoms with van der Waals surface area (Å²) in [6.45, 7) is 3.45. The number of carbonyl (C=O) groups excluding carboxylic acids is 3. The number of hydrogen-bond donors (Lipinski definition) is 1. The summed E-state index contributed by atoms with van der Waals surface area (Å²) < 4.78 is 18.6. The maximum Gasteiger partial charge on any atom is 0.338 e. The van der Waals surface area contributed by atoms with E-state index in [0.29, 0.717) is 23.2 Å². The highest BCUT2D eigenvalue weighted by Crippen LogP contribution is 2.11. The number of halogens is 1. The first-order valence-electron chi connectivity index (χ1n) is 8.96. The van der Waals surface area contributed by atoms with Crippen molar-refractivity contribution in [2.24, 2.45) is 0 Å². The normalized spacial score (nSPS) is 10.2. The fraction of sp³-hybridized carbons (Fsp3) is 0.286. The molecule has 0 fully saturated rings. The van der Waals surface area contributed by atoms with E-state index in [1.165, 1.54) is 17.9 Å². The highest BCUT2D eigenvalue weighted by Gasteiger charge is 2.15. The van der Waals surface area contributed by atoms with Crippen LogP contribution in [0.5, 0.6) is 0 Å². The van der Waals surface area contributed by atoms with E-state index in [2.05, 4.69) is 5.32 Å². The van der Waals surface area contributed by atoms with Crippen molar-refractivity contribution in [3.05, 3.63) is 65.5 Å². The molecule has 0 atom stereocenters. The van der Waals surface area contributed by atoms with Crippen molar-refractivity contribution in [2.75, 3.05) is 25.0 Å². The summed E-state index contributed by atoms with van der Waals surface area (Å²) in [4.78, 5) is 37.1. The lowest BCUT2D eigenvalue weighted by atomic mass is 10.1. The third-order valence-corrected chi connectivity index (χ3v) is 4.07. The molecule has 28 heavy (non-hydrogen) atoms. The van der Waals surface area contributed by atoms with Gasteiger partial charge in [-0.05, 0) is 49.2 Å². The van der Waals surface area contributed by atoms with E-state index in [1.54, 1.807) is 49.4 Å². The van der Waals surface area contributed by atoms with Gasteiger partial charge in [0.1, 0.15) is 5.82 Å². The summed E-state index contributed by atoms with van der Waals surface area (Å²) in [5.41, 5.74) is 1.37. The minimum Gasteiger partial charge on any atom is -0.462 e. The molecule has 2 aromatic carbocycles. The van der Waals surface area contributed by atoms with Crippen LogP contribution < -0.4 is 5.32 Å². The second kappa shape index (κ2) is 10.2. The Bertz CT molecular complexity index is 837. The van der Waals surface area contributed by atoms with Gasteiger partial charge in [-0.15, -0.1) is 0 Å². The van der Waals surface area contributed by atoms with Crippen LogP contribution in [0.4, 0.5) is 10.1 Å². The van der Waals surface area contributed by atoms with E-state index in [0.717, 1.165) is 0 Å². The van der Waals surface area contributed by atoms with Gasteiger partial charge in [0.15, 0.2) is 0 Å². The van der Waals surface area contributed by atoms with E-state index >= 15 is 0 Å². The summed E-state index contributed by atoms with van der Waals surface area (Å²) in [6.07, 6.45) is 0.313. The maximum atomic E-state index is 13.7. The molecule has 0 spiro atoms. The Morgan fingerprint density at radius 3 is 2.36 bits per heavy atom. The average molecular weight is 386 g/mol. The lowest BCUT2D eigenvalue weighted by Crippen LogP contribution is -2.38. The predicted molar refractivity (Wildman–Crippen MR) is 103 cm³/mol. The largest absolute Gasteiger partial charge is 0.462 e. The van der Waals surface area contributed by atoms with Crippen molar-refractivity contribution in [1.82, 2.24) is 4.90 Å². The molecule has 2 rings (SSSR count). The summed E-state index contributed by atoms with van der Waals surface area (Å²) in [7, 11) is 0. The first-order chi connectivity index (χ1) is 13.4. The van der Waals surface area contributed by atoms with Crippen molar-refractivity contribution in [3.63, 3.8) is 0 Å². The van der Waals surface area contributed by atoms with E-state index in [-0.39, 0.29) is 37.3 Å². The highest BCUT2D eigenvalue weighted by molar-refractivity contribution is 5.95. The SMILES string of the molecule is CCOC(=O)c1ccc(NC(=O)CN(CCc2ccccc2F)C(C)=O)cc1. The Morgan fingerprint density at radius 1 is 1.07 bits per heavy atom. The van der Waals surface area contributed by atoms with Crippen molar-refractivity contribution < 1.29 is 23.5 Å². The number of nitrogens with one attached hydrogen (secondary N) is 1. The monoisotopic (exact) mass is 386 g/mol. The molecule has 7 heteroatoms. The second-order valence-electron chi connectivity index (χ2n) is 6.13. The molecule has 0 unspecified atom stereocenters. The van der Waals surface area contributed by atoms with Gasteiger partial charge < -0.3 is 15.0 Å². The number of esters is 1. The minimum absolute atomic E-state index is 0.149. The van der Waals surface area contributed by atoms with Crippen molar-refractivity contribution >= 4 is 23.5 Å². The molecule has 148 valence electrons. The fourth-order valence-corrected chi connectivity index (χ4v) is 2.58. The zero-order valence-corrected chi connectivity index (χ0v) is 15.9. The van der Waals surface area contributed by atoms with Gasteiger partial charge in [0, 0.05) is 19.2 Å². The van der Waals surface area contributed by atoms with Gasteiger partial charge in [-0.3, -0.25) is 9.59 Å². The standard InChI is InChI=1S/C21H23FN2O4/c1-3-28-21(27)17-8-10-18(11-9-17)23-20(26)14-24(15(2)25)13-12-16-6-4-5-7-19(16)22/h4-11H,3,12-14H2,1-2H3,(H,23,26). The maximum absolute atomic E-state index is 13.7. The molecular formula is C21H23FN2O4. The van der Waals surface area contributed by atoms with Gasteiger partial charge in [-0.25, -0.2) is 9.18 Å². The Balaban J connectivity index is 1.92. The van der Waals surface area contributed by atoms with Crippen LogP contribution >= 0.6 is 0 Å². The molecular weight excluding hydrogens is 363 g/mol. The van der Waals surface area contributed by atoms with Gasteiger partial charge in [-0.1, -0.05) is 18.2 Å². The molecule has 1 N–H and O–H groups in total. The Kier molecular flexibility index (Phi) is 7.68. The second-order valence-corrected chi connectivity index (χ2v) is 6.13. The molecule has 0 aliphatic carbocycles. The van der Waals surface area contributed by atoms with Gasteiger partial charge in [0.25, 0.3) is 0 Å². The third kappa shape index (κ3) is 6.19. The number of benzene rings is 2. The van der Waals surface area contributed by atoms with Crippen LogP contribution in [0.15, 0.2) is 48.5 Å². The fourth-order valence-electron chi connectivity index (χ4n) is 2.58. The third-order valence-electron chi connectivity index (χ3n) is 4.07. The van der Waals surface area contributed by atoms with E-state index < -0.39 is 5.97 Å². The molecule has 0 saturated heterocycles. The smallest absolute Gasteiger partial charge is 0.338 e. The lowest BCUT2D eigenvalue weighted by Gasteiger charge is -2.20. The van der Waals surface area contributed by atoms with E-state index in [4.69, 9.17) is 4.74 Å².